The number of rotatable bonds is 7. The maximum atomic E-state index is 14.7. The molecule has 0 aliphatic carbocycles. The Bertz CT molecular complexity index is 2340. The van der Waals surface area contributed by atoms with E-state index >= 15 is 0 Å². The summed E-state index contributed by atoms with van der Waals surface area (Å²) < 4.78 is 4.32. The molecule has 0 saturated carbocycles. The van der Waals surface area contributed by atoms with Gasteiger partial charge in [-0.3, -0.25) is 24.0 Å². The van der Waals surface area contributed by atoms with E-state index in [-0.39, 0.29) is 34.1 Å². The minimum atomic E-state index is -0.759. The lowest BCUT2D eigenvalue weighted by molar-refractivity contribution is 0.0647. The summed E-state index contributed by atoms with van der Waals surface area (Å²) in [5, 5.41) is 15.3. The van der Waals surface area contributed by atoms with Crippen molar-refractivity contribution < 1.29 is 14.4 Å². The van der Waals surface area contributed by atoms with Crippen LogP contribution in [-0.4, -0.2) is 79.7 Å². The number of hydrogen-bond acceptors (Lipinski definition) is 10. The molecule has 0 radical (unpaired) electrons. The minimum absolute atomic E-state index is 0.0459. The highest BCUT2D eigenvalue weighted by atomic mass is 32.1. The minimum Gasteiger partial charge on any atom is -0.365 e. The summed E-state index contributed by atoms with van der Waals surface area (Å²) in [4.78, 5) is 57.4. The maximum absolute atomic E-state index is 14.7. The molecule has 0 atom stereocenters. The third-order valence-electron chi connectivity index (χ3n) is 7.93. The van der Waals surface area contributed by atoms with Gasteiger partial charge in [-0.2, -0.15) is 5.10 Å². The van der Waals surface area contributed by atoms with E-state index in [1.165, 1.54) is 42.2 Å². The topological polar surface area (TPSA) is 175 Å². The molecule has 1 saturated heterocycles. The molecular weight excluding hydrogens is 620 g/mol. The third-order valence-corrected chi connectivity index (χ3v) is 8.51. The van der Waals surface area contributed by atoms with Crippen LogP contribution in [0, 0.1) is 0 Å². The van der Waals surface area contributed by atoms with Crippen LogP contribution in [-0.2, 0) is 7.05 Å². The van der Waals surface area contributed by atoms with Crippen molar-refractivity contribution in [3.63, 3.8) is 0 Å². The maximum Gasteiger partial charge on any atom is 0.282 e. The van der Waals surface area contributed by atoms with Crippen molar-refractivity contribution in [3.05, 3.63) is 94.8 Å². The Morgan fingerprint density at radius 1 is 0.915 bits per heavy atom. The van der Waals surface area contributed by atoms with Gasteiger partial charge >= 0.3 is 0 Å². The van der Waals surface area contributed by atoms with Crippen molar-refractivity contribution in [2.24, 2.45) is 12.8 Å². The molecule has 6 aromatic heterocycles. The number of anilines is 2. The number of nitrogens with zero attached hydrogens (tertiary/aromatic N) is 11. The van der Waals surface area contributed by atoms with Gasteiger partial charge in [0.2, 0.25) is 5.82 Å². The second-order valence-electron chi connectivity index (χ2n) is 10.9. The largest absolute Gasteiger partial charge is 0.365 e. The fraction of sp³-hybridized carbons (Fsp3) is 0.129. The number of pyridine rings is 2. The monoisotopic (exact) mass is 644 g/mol. The molecule has 1 aliphatic heterocycles. The molecule has 0 unspecified atom stereocenters. The number of carbonyl (C=O) groups is 3. The van der Waals surface area contributed by atoms with Gasteiger partial charge in [-0.25, -0.2) is 24.0 Å². The molecule has 1 aromatic carbocycles. The number of primary amides is 1. The average Bonchev–Trinajstić information content (AvgIpc) is 3.85. The highest BCUT2D eigenvalue weighted by Gasteiger charge is 2.33. The van der Waals surface area contributed by atoms with E-state index in [2.05, 4.69) is 30.2 Å². The molecule has 15 nitrogen and oxygen atoms in total. The second kappa shape index (κ2) is 11.0. The van der Waals surface area contributed by atoms with Crippen molar-refractivity contribution in [1.82, 2.24) is 48.9 Å². The number of nitrogens with two attached hydrogens (primary N) is 1. The number of carbonyl (C=O) groups excluding carboxylic acids is 3. The smallest absolute Gasteiger partial charge is 0.282 e. The van der Waals surface area contributed by atoms with E-state index in [0.717, 1.165) is 12.0 Å². The number of aromatic nitrogens is 9. The predicted molar refractivity (Wildman–Crippen MR) is 171 cm³/mol. The van der Waals surface area contributed by atoms with Crippen LogP contribution in [0.4, 0.5) is 11.4 Å². The van der Waals surface area contributed by atoms with E-state index in [0.29, 0.717) is 41.8 Å². The van der Waals surface area contributed by atoms with Crippen LogP contribution < -0.4 is 10.6 Å². The van der Waals surface area contributed by atoms with Crippen LogP contribution >= 0.6 is 11.3 Å². The van der Waals surface area contributed by atoms with Crippen LogP contribution in [0.15, 0.2) is 78.0 Å². The Kier molecular flexibility index (Phi) is 6.57. The molecule has 47 heavy (non-hydrogen) atoms. The van der Waals surface area contributed by atoms with Crippen molar-refractivity contribution >= 4 is 51.7 Å². The van der Waals surface area contributed by atoms with Gasteiger partial charge in [0.05, 0.1) is 46.6 Å². The van der Waals surface area contributed by atoms with Gasteiger partial charge in [-0.1, -0.05) is 30.3 Å². The zero-order chi connectivity index (χ0) is 32.2. The number of thiazole rings is 1. The molecule has 16 heteroatoms. The molecule has 2 N–H and O–H groups in total. The normalized spacial score (nSPS) is 12.8. The summed E-state index contributed by atoms with van der Waals surface area (Å²) in [6, 6.07) is 14.2. The lowest BCUT2D eigenvalue weighted by Crippen LogP contribution is -2.43. The van der Waals surface area contributed by atoms with Crippen molar-refractivity contribution in [1.29, 1.82) is 0 Å². The average molecular weight is 645 g/mol. The van der Waals surface area contributed by atoms with E-state index in [1.807, 2.05) is 35.7 Å². The standard InChI is InChI=1S/C31H24N12O3S/c1-39-25(22(13-34-39)30(45)40-10-5-11-40)31(46)43(19-8-9-24-35-28(38-41(24)14-19)23-16-47-17-33-23)20-12-21(26(32)44)29-36-27(37-42(29)15-20)18-6-3-2-4-7-18/h2-4,6-9,12-17H,5,10-11H2,1H3,(H2,32,44). The zero-order valence-electron chi connectivity index (χ0n) is 24.8. The van der Waals surface area contributed by atoms with Gasteiger partial charge in [0.15, 0.2) is 17.1 Å². The van der Waals surface area contributed by atoms with Crippen LogP contribution in [0.5, 0.6) is 0 Å². The van der Waals surface area contributed by atoms with Crippen LogP contribution in [0.2, 0.25) is 0 Å². The fourth-order valence-corrected chi connectivity index (χ4v) is 5.98. The SMILES string of the molecule is Cn1ncc(C(=O)N2CCC2)c1C(=O)N(c1ccc2nc(-c3cscn3)nn2c1)c1cc(C(N)=O)c2nc(-c3ccccc3)nn2c1. The van der Waals surface area contributed by atoms with Gasteiger partial charge in [-0.15, -0.1) is 21.5 Å². The predicted octanol–water partition coefficient (Wildman–Crippen LogP) is 3.22. The first-order valence-corrected chi connectivity index (χ1v) is 15.5. The summed E-state index contributed by atoms with van der Waals surface area (Å²) in [5.41, 5.74) is 10.5. The first-order valence-electron chi connectivity index (χ1n) is 14.5. The molecule has 3 amide bonds. The number of aryl methyl sites for hydroxylation is 1. The quantitative estimate of drug-likeness (QED) is 0.273. The van der Waals surface area contributed by atoms with Crippen molar-refractivity contribution in [2.75, 3.05) is 18.0 Å². The molecular formula is C31H24N12O3S. The molecule has 7 aromatic rings. The second-order valence-corrected chi connectivity index (χ2v) is 11.6. The van der Waals surface area contributed by atoms with Gasteiger partial charge in [0.25, 0.3) is 17.7 Å². The number of hydrogen-bond donors (Lipinski definition) is 1. The number of likely N-dealkylation sites (tertiary alicyclic amines) is 1. The highest BCUT2D eigenvalue weighted by Crippen LogP contribution is 2.32. The highest BCUT2D eigenvalue weighted by molar-refractivity contribution is 7.07. The molecule has 1 aliphatic rings. The fourth-order valence-electron chi connectivity index (χ4n) is 5.45. The summed E-state index contributed by atoms with van der Waals surface area (Å²) >= 11 is 1.43. The van der Waals surface area contributed by atoms with E-state index in [9.17, 15) is 14.4 Å². The summed E-state index contributed by atoms with van der Waals surface area (Å²) in [6.45, 7) is 1.20. The van der Waals surface area contributed by atoms with Gasteiger partial charge < -0.3 is 10.6 Å². The summed E-state index contributed by atoms with van der Waals surface area (Å²) in [7, 11) is 1.60. The van der Waals surface area contributed by atoms with Crippen molar-refractivity contribution in [2.45, 2.75) is 6.42 Å². The Balaban J connectivity index is 1.32. The van der Waals surface area contributed by atoms with E-state index < -0.39 is 11.8 Å². The number of benzene rings is 1. The Hall–Kier alpha value is -6.29. The summed E-state index contributed by atoms with van der Waals surface area (Å²) in [6.07, 6.45) is 5.50. The van der Waals surface area contributed by atoms with Gasteiger partial charge in [0, 0.05) is 31.1 Å². The number of amides is 3. The Morgan fingerprint density at radius 3 is 2.43 bits per heavy atom. The Morgan fingerprint density at radius 2 is 1.70 bits per heavy atom. The third kappa shape index (κ3) is 4.78. The van der Waals surface area contributed by atoms with Gasteiger partial charge in [-0.05, 0) is 24.6 Å². The zero-order valence-corrected chi connectivity index (χ0v) is 25.6. The van der Waals surface area contributed by atoms with Crippen LogP contribution in [0.1, 0.15) is 37.6 Å². The van der Waals surface area contributed by atoms with Crippen molar-refractivity contribution in [3.8, 4) is 22.9 Å². The number of fused-ring (bicyclic) bond motifs is 2. The molecule has 232 valence electrons. The lowest BCUT2D eigenvalue weighted by Gasteiger charge is -2.31. The molecule has 0 spiro atoms. The van der Waals surface area contributed by atoms with Crippen LogP contribution in [0.25, 0.3) is 34.2 Å². The van der Waals surface area contributed by atoms with E-state index in [4.69, 9.17) is 5.73 Å². The molecule has 1 fully saturated rings. The lowest BCUT2D eigenvalue weighted by atomic mass is 10.1. The summed E-state index contributed by atoms with van der Waals surface area (Å²) in [5.74, 6) is -0.833. The Labute approximate surface area is 269 Å². The van der Waals surface area contributed by atoms with Gasteiger partial charge in [0.1, 0.15) is 11.4 Å². The molecule has 7 heterocycles. The molecule has 0 bridgehead atoms. The first kappa shape index (κ1) is 28.2. The van der Waals surface area contributed by atoms with E-state index in [1.54, 1.807) is 42.0 Å². The first-order chi connectivity index (χ1) is 22.9. The molecule has 8 rings (SSSR count). The van der Waals surface area contributed by atoms with Crippen LogP contribution in [0.3, 0.4) is 0 Å².